The fourth-order valence-electron chi connectivity index (χ4n) is 3.92. The van der Waals surface area contributed by atoms with Crippen molar-refractivity contribution in [2.75, 3.05) is 46.3 Å². The van der Waals surface area contributed by atoms with Crippen LogP contribution < -0.4 is 5.32 Å². The predicted octanol–water partition coefficient (Wildman–Crippen LogP) is 0.261. The van der Waals surface area contributed by atoms with Crippen molar-refractivity contribution in [2.24, 2.45) is 0 Å². The molecule has 1 N–H and O–H groups in total. The second-order valence-corrected chi connectivity index (χ2v) is 9.81. The Morgan fingerprint density at radius 1 is 1.17 bits per heavy atom. The maximum Gasteiger partial charge on any atom is 0.236 e. The van der Waals surface area contributed by atoms with Crippen LogP contribution in [0.5, 0.6) is 0 Å². The number of piperazine rings is 1. The normalized spacial score (nSPS) is 21.7. The first-order valence-electron chi connectivity index (χ1n) is 10.1. The fraction of sp³-hybridized carbons (Fsp3) is 0.600. The van der Waals surface area contributed by atoms with Gasteiger partial charge in [0, 0.05) is 39.3 Å². The van der Waals surface area contributed by atoms with Crippen LogP contribution in [0.3, 0.4) is 0 Å². The second kappa shape index (κ2) is 9.69. The van der Waals surface area contributed by atoms with E-state index in [1.807, 2.05) is 40.1 Å². The number of nitrogens with one attached hydrogen (secondary N) is 1. The third-order valence-electron chi connectivity index (χ3n) is 5.67. The SMILES string of the molecule is CN(C1CCCN(C(=O)CN2CCNC(=O)C2)CC1)S(=O)(=O)Cc1ccccc1. The van der Waals surface area contributed by atoms with Crippen LogP contribution in [0.25, 0.3) is 0 Å². The van der Waals surface area contributed by atoms with Crippen molar-refractivity contribution in [2.45, 2.75) is 31.1 Å². The summed E-state index contributed by atoms with van der Waals surface area (Å²) in [7, 11) is -1.77. The molecule has 1 atom stereocenters. The van der Waals surface area contributed by atoms with Crippen molar-refractivity contribution < 1.29 is 18.0 Å². The molecule has 1 unspecified atom stereocenters. The molecule has 29 heavy (non-hydrogen) atoms. The quantitative estimate of drug-likeness (QED) is 0.710. The van der Waals surface area contributed by atoms with E-state index in [0.29, 0.717) is 32.6 Å². The number of hydrogen-bond donors (Lipinski definition) is 1. The topological polar surface area (TPSA) is 90.0 Å². The van der Waals surface area contributed by atoms with Gasteiger partial charge in [-0.3, -0.25) is 14.5 Å². The van der Waals surface area contributed by atoms with Crippen LogP contribution in [0.4, 0.5) is 0 Å². The monoisotopic (exact) mass is 422 g/mol. The van der Waals surface area contributed by atoms with Gasteiger partial charge in [-0.1, -0.05) is 30.3 Å². The Morgan fingerprint density at radius 2 is 1.93 bits per heavy atom. The molecule has 0 saturated carbocycles. The zero-order valence-corrected chi connectivity index (χ0v) is 17.7. The summed E-state index contributed by atoms with van der Waals surface area (Å²) in [5.41, 5.74) is 0.773. The number of rotatable bonds is 6. The zero-order valence-electron chi connectivity index (χ0n) is 16.9. The van der Waals surface area contributed by atoms with E-state index in [2.05, 4.69) is 5.32 Å². The Balaban J connectivity index is 1.54. The first kappa shape index (κ1) is 21.7. The molecule has 160 valence electrons. The molecule has 2 fully saturated rings. The van der Waals surface area contributed by atoms with Crippen LogP contribution in [-0.2, 0) is 25.4 Å². The van der Waals surface area contributed by atoms with Crippen LogP contribution in [0.2, 0.25) is 0 Å². The number of likely N-dealkylation sites (tertiary alicyclic amines) is 1. The average molecular weight is 423 g/mol. The summed E-state index contributed by atoms with van der Waals surface area (Å²) >= 11 is 0. The number of carbonyl (C=O) groups excluding carboxylic acids is 2. The molecule has 2 aliphatic heterocycles. The molecule has 0 aromatic heterocycles. The molecule has 1 aromatic carbocycles. The first-order valence-corrected chi connectivity index (χ1v) is 11.7. The molecule has 0 spiro atoms. The van der Waals surface area contributed by atoms with Gasteiger partial charge in [-0.2, -0.15) is 0 Å². The molecule has 0 bridgehead atoms. The highest BCUT2D eigenvalue weighted by Gasteiger charge is 2.30. The largest absolute Gasteiger partial charge is 0.354 e. The molecule has 3 rings (SSSR count). The molecular weight excluding hydrogens is 392 g/mol. The molecule has 2 heterocycles. The molecule has 2 saturated heterocycles. The first-order chi connectivity index (χ1) is 13.8. The lowest BCUT2D eigenvalue weighted by molar-refractivity contribution is -0.133. The summed E-state index contributed by atoms with van der Waals surface area (Å²) in [6, 6.07) is 9.08. The van der Waals surface area contributed by atoms with E-state index in [0.717, 1.165) is 18.4 Å². The van der Waals surface area contributed by atoms with Gasteiger partial charge in [0.05, 0.1) is 18.8 Å². The van der Waals surface area contributed by atoms with Crippen molar-refractivity contribution in [1.82, 2.24) is 19.4 Å². The number of carbonyl (C=O) groups is 2. The lowest BCUT2D eigenvalue weighted by Gasteiger charge is -2.29. The number of sulfonamides is 1. The van der Waals surface area contributed by atoms with E-state index in [1.165, 1.54) is 4.31 Å². The Kier molecular flexibility index (Phi) is 7.26. The number of hydrogen-bond acceptors (Lipinski definition) is 5. The van der Waals surface area contributed by atoms with E-state index in [-0.39, 0.29) is 36.7 Å². The van der Waals surface area contributed by atoms with Crippen LogP contribution in [0.1, 0.15) is 24.8 Å². The van der Waals surface area contributed by atoms with Gasteiger partial charge < -0.3 is 10.2 Å². The highest BCUT2D eigenvalue weighted by Crippen LogP contribution is 2.21. The minimum atomic E-state index is -3.42. The van der Waals surface area contributed by atoms with Gasteiger partial charge in [0.2, 0.25) is 21.8 Å². The number of benzene rings is 1. The zero-order chi connectivity index (χ0) is 20.9. The van der Waals surface area contributed by atoms with Gasteiger partial charge in [0.15, 0.2) is 0 Å². The summed E-state index contributed by atoms with van der Waals surface area (Å²) in [6.07, 6.45) is 2.12. The molecule has 1 aromatic rings. The van der Waals surface area contributed by atoms with Crippen LogP contribution in [0.15, 0.2) is 30.3 Å². The van der Waals surface area contributed by atoms with E-state index in [1.54, 1.807) is 7.05 Å². The summed E-state index contributed by atoms with van der Waals surface area (Å²) < 4.78 is 27.1. The predicted molar refractivity (Wildman–Crippen MR) is 110 cm³/mol. The highest BCUT2D eigenvalue weighted by molar-refractivity contribution is 7.88. The number of nitrogens with zero attached hydrogens (tertiary/aromatic N) is 3. The van der Waals surface area contributed by atoms with E-state index in [4.69, 9.17) is 0 Å². The molecule has 2 aliphatic rings. The maximum atomic E-state index is 12.8. The smallest absolute Gasteiger partial charge is 0.236 e. The lowest BCUT2D eigenvalue weighted by atomic mass is 10.1. The van der Waals surface area contributed by atoms with Crippen molar-refractivity contribution in [1.29, 1.82) is 0 Å². The van der Waals surface area contributed by atoms with E-state index >= 15 is 0 Å². The fourth-order valence-corrected chi connectivity index (χ4v) is 5.41. The second-order valence-electron chi connectivity index (χ2n) is 7.78. The standard InChI is InChI=1S/C20H30N4O4S/c1-22(29(27,28)16-17-6-3-2-4-7-17)18-8-5-11-24(12-9-18)20(26)15-23-13-10-21-19(25)14-23/h2-4,6-7,18H,5,8-16H2,1H3,(H,21,25). The molecular formula is C20H30N4O4S. The van der Waals surface area contributed by atoms with E-state index in [9.17, 15) is 18.0 Å². The Bertz CT molecular complexity index is 815. The average Bonchev–Trinajstić information content (AvgIpc) is 2.94. The van der Waals surface area contributed by atoms with Crippen LogP contribution in [-0.4, -0.2) is 86.7 Å². The molecule has 9 heteroatoms. The molecule has 0 aliphatic carbocycles. The van der Waals surface area contributed by atoms with Gasteiger partial charge >= 0.3 is 0 Å². The van der Waals surface area contributed by atoms with Crippen molar-refractivity contribution >= 4 is 21.8 Å². The lowest BCUT2D eigenvalue weighted by Crippen LogP contribution is -2.51. The van der Waals surface area contributed by atoms with Crippen molar-refractivity contribution in [3.8, 4) is 0 Å². The third kappa shape index (κ3) is 6.01. The summed E-state index contributed by atoms with van der Waals surface area (Å²) in [4.78, 5) is 27.8. The third-order valence-corrected chi connectivity index (χ3v) is 7.55. The van der Waals surface area contributed by atoms with Gasteiger partial charge in [0.25, 0.3) is 0 Å². The Labute approximate surface area is 172 Å². The summed E-state index contributed by atoms with van der Waals surface area (Å²) in [5.74, 6) is -0.0547. The van der Waals surface area contributed by atoms with Crippen LogP contribution in [0, 0.1) is 0 Å². The minimum Gasteiger partial charge on any atom is -0.354 e. The van der Waals surface area contributed by atoms with E-state index < -0.39 is 10.0 Å². The summed E-state index contributed by atoms with van der Waals surface area (Å²) in [6.45, 7) is 2.90. The molecule has 2 amide bonds. The van der Waals surface area contributed by atoms with Crippen molar-refractivity contribution in [3.05, 3.63) is 35.9 Å². The summed E-state index contributed by atoms with van der Waals surface area (Å²) in [5, 5.41) is 2.76. The minimum absolute atomic E-state index is 0.00939. The van der Waals surface area contributed by atoms with Gasteiger partial charge in [-0.15, -0.1) is 0 Å². The van der Waals surface area contributed by atoms with Gasteiger partial charge in [-0.05, 0) is 24.8 Å². The maximum absolute atomic E-state index is 12.8. The highest BCUT2D eigenvalue weighted by atomic mass is 32.2. The Hall–Kier alpha value is -1.97. The Morgan fingerprint density at radius 3 is 2.66 bits per heavy atom. The van der Waals surface area contributed by atoms with Crippen LogP contribution >= 0.6 is 0 Å². The molecule has 0 radical (unpaired) electrons. The number of amides is 2. The van der Waals surface area contributed by atoms with Crippen molar-refractivity contribution in [3.63, 3.8) is 0 Å². The van der Waals surface area contributed by atoms with Gasteiger partial charge in [0.1, 0.15) is 0 Å². The van der Waals surface area contributed by atoms with Gasteiger partial charge in [-0.25, -0.2) is 12.7 Å². The molecule has 8 nitrogen and oxygen atoms in total.